The summed E-state index contributed by atoms with van der Waals surface area (Å²) < 4.78 is 28.4. The van der Waals surface area contributed by atoms with E-state index >= 15 is 0 Å². The molecular formula is C19H18F2N4O. The molecule has 2 aromatic heterocycles. The van der Waals surface area contributed by atoms with Crippen LogP contribution in [0.3, 0.4) is 0 Å². The fourth-order valence-electron chi connectivity index (χ4n) is 3.29. The van der Waals surface area contributed by atoms with Crippen LogP contribution >= 0.6 is 0 Å². The number of anilines is 1. The van der Waals surface area contributed by atoms with Crippen molar-refractivity contribution in [3.05, 3.63) is 64.6 Å². The van der Waals surface area contributed by atoms with Gasteiger partial charge in [-0.05, 0) is 31.2 Å². The normalized spacial score (nSPS) is 17.7. The van der Waals surface area contributed by atoms with Gasteiger partial charge in [0.1, 0.15) is 17.3 Å². The Kier molecular flexibility index (Phi) is 4.16. The lowest BCUT2D eigenvalue weighted by molar-refractivity contribution is 0.484. The Morgan fingerprint density at radius 1 is 1.15 bits per heavy atom. The van der Waals surface area contributed by atoms with Gasteiger partial charge in [-0.3, -0.25) is 9.20 Å². The molecule has 0 spiro atoms. The molecule has 1 saturated heterocycles. The van der Waals surface area contributed by atoms with Gasteiger partial charge in [0.15, 0.2) is 0 Å². The van der Waals surface area contributed by atoms with Crippen LogP contribution in [0, 0.1) is 11.6 Å². The van der Waals surface area contributed by atoms with Gasteiger partial charge >= 0.3 is 0 Å². The van der Waals surface area contributed by atoms with Crippen LogP contribution in [0.25, 0.3) is 16.9 Å². The Morgan fingerprint density at radius 2 is 1.92 bits per heavy atom. The van der Waals surface area contributed by atoms with Gasteiger partial charge in [-0.25, -0.2) is 13.8 Å². The Hall–Kier alpha value is -2.80. The van der Waals surface area contributed by atoms with Crippen LogP contribution in [0.2, 0.25) is 0 Å². The summed E-state index contributed by atoms with van der Waals surface area (Å²) in [5.41, 5.74) is 1.57. The molecule has 7 heteroatoms. The molecule has 1 unspecified atom stereocenters. The first-order valence-corrected chi connectivity index (χ1v) is 8.48. The molecule has 1 aliphatic rings. The fourth-order valence-corrected chi connectivity index (χ4v) is 3.29. The number of nitrogens with zero attached hydrogens (tertiary/aromatic N) is 3. The number of rotatable bonds is 2. The van der Waals surface area contributed by atoms with Crippen molar-refractivity contribution < 1.29 is 8.78 Å². The Bertz CT molecular complexity index is 1010. The van der Waals surface area contributed by atoms with E-state index in [4.69, 9.17) is 0 Å². The molecule has 1 atom stereocenters. The Labute approximate surface area is 148 Å². The van der Waals surface area contributed by atoms with E-state index in [1.54, 1.807) is 12.3 Å². The van der Waals surface area contributed by atoms with Crippen molar-refractivity contribution in [1.29, 1.82) is 0 Å². The quantitative estimate of drug-likeness (QED) is 0.766. The molecule has 4 rings (SSSR count). The summed E-state index contributed by atoms with van der Waals surface area (Å²) in [5, 5.41) is 3.38. The highest BCUT2D eigenvalue weighted by molar-refractivity contribution is 5.62. The lowest BCUT2D eigenvalue weighted by Crippen LogP contribution is -2.49. The van der Waals surface area contributed by atoms with E-state index < -0.39 is 11.6 Å². The summed E-state index contributed by atoms with van der Waals surface area (Å²) in [4.78, 5) is 19.1. The Balaban J connectivity index is 1.76. The summed E-state index contributed by atoms with van der Waals surface area (Å²) in [6.45, 7) is 4.72. The van der Waals surface area contributed by atoms with E-state index in [1.165, 1.54) is 10.5 Å². The zero-order valence-corrected chi connectivity index (χ0v) is 14.2. The molecule has 0 radical (unpaired) electrons. The van der Waals surface area contributed by atoms with Gasteiger partial charge in [-0.2, -0.15) is 0 Å². The second-order valence-electron chi connectivity index (χ2n) is 6.55. The lowest BCUT2D eigenvalue weighted by Gasteiger charge is -2.33. The second kappa shape index (κ2) is 6.49. The van der Waals surface area contributed by atoms with Crippen molar-refractivity contribution in [2.24, 2.45) is 0 Å². The number of benzene rings is 1. The van der Waals surface area contributed by atoms with Crippen LogP contribution in [0.1, 0.15) is 6.92 Å². The molecule has 1 fully saturated rings. The van der Waals surface area contributed by atoms with Crippen molar-refractivity contribution >= 4 is 11.3 Å². The van der Waals surface area contributed by atoms with Gasteiger partial charge in [0, 0.05) is 49.6 Å². The maximum absolute atomic E-state index is 13.5. The molecule has 0 saturated carbocycles. The third kappa shape index (κ3) is 3.17. The molecular weight excluding hydrogens is 338 g/mol. The first-order valence-electron chi connectivity index (χ1n) is 8.48. The highest BCUT2D eigenvalue weighted by atomic mass is 19.1. The maximum atomic E-state index is 13.5. The molecule has 0 aliphatic carbocycles. The Morgan fingerprint density at radius 3 is 2.65 bits per heavy atom. The third-order valence-electron chi connectivity index (χ3n) is 4.54. The second-order valence-corrected chi connectivity index (χ2v) is 6.55. The van der Waals surface area contributed by atoms with Crippen LogP contribution < -0.4 is 15.8 Å². The van der Waals surface area contributed by atoms with Crippen LogP contribution in [0.15, 0.2) is 47.4 Å². The minimum absolute atomic E-state index is 0.238. The van der Waals surface area contributed by atoms with E-state index in [1.807, 2.05) is 6.07 Å². The number of aromatic nitrogens is 2. The third-order valence-corrected chi connectivity index (χ3v) is 4.54. The highest BCUT2D eigenvalue weighted by Crippen LogP contribution is 2.21. The van der Waals surface area contributed by atoms with Crippen molar-refractivity contribution in [2.75, 3.05) is 24.5 Å². The SMILES string of the molecule is CC1CN(c2ccc3nc(-c4cc(F)cc(F)c4)cc(=O)n3c2)CCN1. The van der Waals surface area contributed by atoms with Gasteiger partial charge in [0.05, 0.1) is 11.4 Å². The topological polar surface area (TPSA) is 49.6 Å². The largest absolute Gasteiger partial charge is 0.368 e. The van der Waals surface area contributed by atoms with E-state index in [-0.39, 0.29) is 16.8 Å². The number of pyridine rings is 1. The lowest BCUT2D eigenvalue weighted by atomic mass is 10.1. The van der Waals surface area contributed by atoms with Crippen molar-refractivity contribution in [1.82, 2.24) is 14.7 Å². The fraction of sp³-hybridized carbons (Fsp3) is 0.263. The van der Waals surface area contributed by atoms with Gasteiger partial charge in [-0.1, -0.05) is 0 Å². The summed E-state index contributed by atoms with van der Waals surface area (Å²) in [5.74, 6) is -1.41. The van der Waals surface area contributed by atoms with Crippen LogP contribution in [-0.4, -0.2) is 35.1 Å². The molecule has 1 N–H and O–H groups in total. The van der Waals surface area contributed by atoms with Crippen LogP contribution in [-0.2, 0) is 0 Å². The van der Waals surface area contributed by atoms with Gasteiger partial charge in [-0.15, -0.1) is 0 Å². The monoisotopic (exact) mass is 356 g/mol. The van der Waals surface area contributed by atoms with E-state index in [9.17, 15) is 13.6 Å². The molecule has 134 valence electrons. The number of hydrogen-bond donors (Lipinski definition) is 1. The summed E-state index contributed by atoms with van der Waals surface area (Å²) in [6.07, 6.45) is 1.76. The number of nitrogens with one attached hydrogen (secondary N) is 1. The molecule has 3 aromatic rings. The standard InChI is InChI=1S/C19H18F2N4O/c1-12-10-24(5-4-22-12)16-2-3-18-23-17(9-19(26)25(18)11-16)13-6-14(20)8-15(21)7-13/h2-3,6-9,11-12,22H,4-5,10H2,1H3. The predicted molar refractivity (Wildman–Crippen MR) is 96.5 cm³/mol. The molecule has 0 amide bonds. The summed E-state index contributed by atoms with van der Waals surface area (Å²) in [6, 6.07) is 8.46. The number of halogens is 2. The average Bonchev–Trinajstić information content (AvgIpc) is 2.60. The first-order chi connectivity index (χ1) is 12.5. The maximum Gasteiger partial charge on any atom is 0.258 e. The van der Waals surface area contributed by atoms with Crippen molar-refractivity contribution in [3.8, 4) is 11.3 Å². The first kappa shape index (κ1) is 16.7. The van der Waals surface area contributed by atoms with Crippen molar-refractivity contribution in [2.45, 2.75) is 13.0 Å². The van der Waals surface area contributed by atoms with Gasteiger partial charge in [0.2, 0.25) is 0 Å². The van der Waals surface area contributed by atoms with E-state index in [0.29, 0.717) is 11.7 Å². The predicted octanol–water partition coefficient (Wildman–Crippen LogP) is 2.44. The molecule has 26 heavy (non-hydrogen) atoms. The van der Waals surface area contributed by atoms with Crippen LogP contribution in [0.4, 0.5) is 14.5 Å². The molecule has 5 nitrogen and oxygen atoms in total. The average molecular weight is 356 g/mol. The van der Waals surface area contributed by atoms with Gasteiger partial charge in [0.25, 0.3) is 5.56 Å². The van der Waals surface area contributed by atoms with Gasteiger partial charge < -0.3 is 10.2 Å². The van der Waals surface area contributed by atoms with Crippen LogP contribution in [0.5, 0.6) is 0 Å². The zero-order valence-electron chi connectivity index (χ0n) is 14.2. The van der Waals surface area contributed by atoms with E-state index in [0.717, 1.165) is 43.5 Å². The smallest absolute Gasteiger partial charge is 0.258 e. The zero-order chi connectivity index (χ0) is 18.3. The number of fused-ring (bicyclic) bond motifs is 1. The number of hydrogen-bond acceptors (Lipinski definition) is 4. The summed E-state index contributed by atoms with van der Waals surface area (Å²) in [7, 11) is 0. The minimum Gasteiger partial charge on any atom is -0.368 e. The molecule has 0 bridgehead atoms. The van der Waals surface area contributed by atoms with E-state index in [2.05, 4.69) is 22.1 Å². The molecule has 3 heterocycles. The highest BCUT2D eigenvalue weighted by Gasteiger charge is 2.17. The number of piperazine rings is 1. The molecule has 1 aliphatic heterocycles. The molecule has 1 aromatic carbocycles. The summed E-state index contributed by atoms with van der Waals surface area (Å²) >= 11 is 0. The minimum atomic E-state index is -0.704. The van der Waals surface area contributed by atoms with Crippen molar-refractivity contribution in [3.63, 3.8) is 0 Å².